The summed E-state index contributed by atoms with van der Waals surface area (Å²) in [6.07, 6.45) is 1.67. The molecule has 0 aromatic heterocycles. The van der Waals surface area contributed by atoms with Gasteiger partial charge >= 0.3 is 0 Å². The summed E-state index contributed by atoms with van der Waals surface area (Å²) < 4.78 is 0.887. The van der Waals surface area contributed by atoms with E-state index < -0.39 is 0 Å². The highest BCUT2D eigenvalue weighted by atomic mass is 79.9. The molecule has 0 aliphatic heterocycles. The number of hydrogen-bond acceptors (Lipinski definition) is 2. The second kappa shape index (κ2) is 4.77. The molecule has 0 saturated carbocycles. The molecule has 0 bridgehead atoms. The third-order valence-electron chi connectivity index (χ3n) is 1.51. The topological polar surface area (TPSA) is 39.4 Å². The fourth-order valence-electron chi connectivity index (χ4n) is 0.888. The van der Waals surface area contributed by atoms with E-state index in [0.717, 1.165) is 4.47 Å². The van der Waals surface area contributed by atoms with Crippen LogP contribution >= 0.6 is 15.9 Å². The molecular weight excluding hydrogens is 242 g/mol. The fraction of sp³-hybridized carbons (Fsp3) is 0.200. The number of nitriles is 1. The number of nitrogens with zero attached hydrogens (tertiary/aromatic N) is 3. The van der Waals surface area contributed by atoms with Crippen molar-refractivity contribution in [3.63, 3.8) is 0 Å². The molecule has 4 heteroatoms. The van der Waals surface area contributed by atoms with E-state index in [0.29, 0.717) is 11.3 Å². The van der Waals surface area contributed by atoms with Crippen LogP contribution in [0.15, 0.2) is 27.7 Å². The average molecular weight is 252 g/mol. The van der Waals surface area contributed by atoms with Gasteiger partial charge in [0.05, 0.1) is 17.6 Å². The Balaban J connectivity index is 3.04. The molecule has 0 atom stereocenters. The van der Waals surface area contributed by atoms with Crippen molar-refractivity contribution in [1.82, 2.24) is 4.90 Å². The third kappa shape index (κ3) is 2.86. The molecule has 1 aromatic carbocycles. The van der Waals surface area contributed by atoms with Gasteiger partial charge < -0.3 is 4.90 Å². The minimum absolute atomic E-state index is 0.567. The van der Waals surface area contributed by atoms with Crippen LogP contribution in [-0.4, -0.2) is 25.3 Å². The van der Waals surface area contributed by atoms with Crippen LogP contribution in [0.3, 0.4) is 0 Å². The predicted octanol–water partition coefficient (Wildman–Crippen LogP) is 2.54. The Bertz CT molecular complexity index is 391. The zero-order valence-corrected chi connectivity index (χ0v) is 9.62. The van der Waals surface area contributed by atoms with Gasteiger partial charge in [0, 0.05) is 18.6 Å². The highest BCUT2D eigenvalue weighted by Crippen LogP contribution is 2.22. The Morgan fingerprint density at radius 2 is 2.21 bits per heavy atom. The van der Waals surface area contributed by atoms with Crippen molar-refractivity contribution in [3.05, 3.63) is 28.2 Å². The Morgan fingerprint density at radius 3 is 2.79 bits per heavy atom. The number of benzene rings is 1. The first-order valence-electron chi connectivity index (χ1n) is 4.04. The minimum atomic E-state index is 0.567. The maximum Gasteiger partial charge on any atom is 0.101 e. The van der Waals surface area contributed by atoms with E-state index in [1.807, 2.05) is 31.1 Å². The fourth-order valence-corrected chi connectivity index (χ4v) is 1.25. The Hall–Kier alpha value is -1.34. The first-order chi connectivity index (χ1) is 6.63. The van der Waals surface area contributed by atoms with Crippen molar-refractivity contribution < 1.29 is 0 Å². The van der Waals surface area contributed by atoms with Crippen LogP contribution in [0.5, 0.6) is 0 Å². The second-order valence-corrected chi connectivity index (χ2v) is 3.90. The summed E-state index contributed by atoms with van der Waals surface area (Å²) in [6, 6.07) is 7.52. The van der Waals surface area contributed by atoms with Gasteiger partial charge in [-0.2, -0.15) is 5.26 Å². The van der Waals surface area contributed by atoms with Crippen molar-refractivity contribution in [3.8, 4) is 6.07 Å². The Kier molecular flexibility index (Phi) is 3.66. The second-order valence-electron chi connectivity index (χ2n) is 2.98. The maximum absolute atomic E-state index is 8.85. The minimum Gasteiger partial charge on any atom is -0.369 e. The van der Waals surface area contributed by atoms with E-state index in [2.05, 4.69) is 27.0 Å². The molecule has 0 saturated heterocycles. The van der Waals surface area contributed by atoms with Crippen LogP contribution in [0.1, 0.15) is 5.56 Å². The van der Waals surface area contributed by atoms with Crippen LogP contribution in [0, 0.1) is 11.3 Å². The SMILES string of the molecule is CN(C)/C=N/c1ccc(Br)cc1C#N. The first-order valence-corrected chi connectivity index (χ1v) is 4.83. The summed E-state index contributed by atoms with van der Waals surface area (Å²) >= 11 is 3.30. The molecule has 0 amide bonds. The van der Waals surface area contributed by atoms with E-state index in [9.17, 15) is 0 Å². The lowest BCUT2D eigenvalue weighted by molar-refractivity contribution is 0.643. The van der Waals surface area contributed by atoms with E-state index in [4.69, 9.17) is 5.26 Å². The first kappa shape index (κ1) is 10.7. The lowest BCUT2D eigenvalue weighted by Crippen LogP contribution is -2.07. The quantitative estimate of drug-likeness (QED) is 0.599. The molecule has 0 heterocycles. The summed E-state index contributed by atoms with van der Waals surface area (Å²) in [4.78, 5) is 6.00. The third-order valence-corrected chi connectivity index (χ3v) is 2.00. The van der Waals surface area contributed by atoms with Gasteiger partial charge in [-0.05, 0) is 18.2 Å². The number of halogens is 1. The van der Waals surface area contributed by atoms with Crippen LogP contribution < -0.4 is 0 Å². The smallest absolute Gasteiger partial charge is 0.101 e. The molecule has 0 radical (unpaired) electrons. The van der Waals surface area contributed by atoms with Gasteiger partial charge in [0.2, 0.25) is 0 Å². The van der Waals surface area contributed by atoms with Crippen molar-refractivity contribution in [1.29, 1.82) is 5.26 Å². The summed E-state index contributed by atoms with van der Waals surface area (Å²) in [5, 5.41) is 8.85. The summed E-state index contributed by atoms with van der Waals surface area (Å²) in [5.74, 6) is 0. The van der Waals surface area contributed by atoms with Gasteiger partial charge in [-0.3, -0.25) is 0 Å². The summed E-state index contributed by atoms with van der Waals surface area (Å²) in [6.45, 7) is 0. The monoisotopic (exact) mass is 251 g/mol. The molecule has 0 N–H and O–H groups in total. The lowest BCUT2D eigenvalue weighted by Gasteiger charge is -2.03. The van der Waals surface area contributed by atoms with E-state index in [1.54, 1.807) is 12.4 Å². The predicted molar refractivity (Wildman–Crippen MR) is 60.7 cm³/mol. The molecule has 1 aromatic rings. The van der Waals surface area contributed by atoms with Crippen LogP contribution in [-0.2, 0) is 0 Å². The zero-order chi connectivity index (χ0) is 10.6. The normalized spacial score (nSPS) is 10.1. The molecule has 0 spiro atoms. The molecule has 3 nitrogen and oxygen atoms in total. The Morgan fingerprint density at radius 1 is 1.50 bits per heavy atom. The highest BCUT2D eigenvalue weighted by Gasteiger charge is 1.99. The van der Waals surface area contributed by atoms with Crippen molar-refractivity contribution >= 4 is 28.0 Å². The van der Waals surface area contributed by atoms with E-state index in [-0.39, 0.29) is 0 Å². The van der Waals surface area contributed by atoms with E-state index >= 15 is 0 Å². The lowest BCUT2D eigenvalue weighted by atomic mass is 10.2. The zero-order valence-electron chi connectivity index (χ0n) is 8.03. The van der Waals surface area contributed by atoms with Crippen LogP contribution in [0.25, 0.3) is 0 Å². The van der Waals surface area contributed by atoms with E-state index in [1.165, 1.54) is 0 Å². The van der Waals surface area contributed by atoms with Crippen LogP contribution in [0.2, 0.25) is 0 Å². The van der Waals surface area contributed by atoms with Gasteiger partial charge in [-0.25, -0.2) is 4.99 Å². The molecule has 14 heavy (non-hydrogen) atoms. The standard InChI is InChI=1S/C10H10BrN3/c1-14(2)7-13-10-4-3-9(11)5-8(10)6-12/h3-5,7H,1-2H3/b13-7+. The molecular formula is C10H10BrN3. The summed E-state index contributed by atoms with van der Waals surface area (Å²) in [7, 11) is 3.77. The molecule has 1 rings (SSSR count). The molecule has 0 aliphatic carbocycles. The number of aliphatic imine (C=N–C) groups is 1. The number of hydrogen-bond donors (Lipinski definition) is 0. The molecule has 0 fully saturated rings. The van der Waals surface area contributed by atoms with Crippen molar-refractivity contribution in [2.75, 3.05) is 14.1 Å². The van der Waals surface area contributed by atoms with Gasteiger partial charge in [0.15, 0.2) is 0 Å². The van der Waals surface area contributed by atoms with Crippen LogP contribution in [0.4, 0.5) is 5.69 Å². The van der Waals surface area contributed by atoms with Crippen molar-refractivity contribution in [2.24, 2.45) is 4.99 Å². The Labute approximate surface area is 91.8 Å². The van der Waals surface area contributed by atoms with Gasteiger partial charge in [-0.1, -0.05) is 15.9 Å². The van der Waals surface area contributed by atoms with Gasteiger partial charge in [0.1, 0.15) is 6.07 Å². The van der Waals surface area contributed by atoms with Crippen molar-refractivity contribution in [2.45, 2.75) is 0 Å². The van der Waals surface area contributed by atoms with Gasteiger partial charge in [0.25, 0.3) is 0 Å². The number of rotatable bonds is 2. The molecule has 0 unspecified atom stereocenters. The average Bonchev–Trinajstić information content (AvgIpc) is 2.15. The summed E-state index contributed by atoms with van der Waals surface area (Å²) in [5.41, 5.74) is 1.25. The highest BCUT2D eigenvalue weighted by molar-refractivity contribution is 9.10. The molecule has 0 aliphatic rings. The maximum atomic E-state index is 8.85. The van der Waals surface area contributed by atoms with Gasteiger partial charge in [-0.15, -0.1) is 0 Å². The molecule has 72 valence electrons. The largest absolute Gasteiger partial charge is 0.369 e.